The number of benzene rings is 2. The highest BCUT2D eigenvalue weighted by Gasteiger charge is 2.16. The summed E-state index contributed by atoms with van der Waals surface area (Å²) in [6.45, 7) is 2.02. The van der Waals surface area contributed by atoms with Gasteiger partial charge in [0.2, 0.25) is 5.91 Å². The zero-order chi connectivity index (χ0) is 14.5. The summed E-state index contributed by atoms with van der Waals surface area (Å²) in [6, 6.07) is 17.3. The minimum atomic E-state index is -0.267. The number of aryl methyl sites for hydroxylation is 1. The number of anilines is 1. The van der Waals surface area contributed by atoms with Gasteiger partial charge in [0.1, 0.15) is 0 Å². The number of carbonyl (C=O) groups is 1. The summed E-state index contributed by atoms with van der Waals surface area (Å²) in [6.07, 6.45) is 0.300. The maximum atomic E-state index is 12.3. The van der Waals surface area contributed by atoms with E-state index in [1.165, 1.54) is 5.56 Å². The zero-order valence-electron chi connectivity index (χ0n) is 11.9. The molecule has 2 aromatic rings. The maximum absolute atomic E-state index is 12.3. The first-order valence-electron chi connectivity index (χ1n) is 6.71. The summed E-state index contributed by atoms with van der Waals surface area (Å²) < 4.78 is 0. The number of carbonyl (C=O) groups excluding carboxylic acids is 1. The first kappa shape index (κ1) is 14.3. The molecule has 0 saturated carbocycles. The Hall–Kier alpha value is -2.13. The summed E-state index contributed by atoms with van der Waals surface area (Å²) >= 11 is 0. The van der Waals surface area contributed by atoms with E-state index in [0.29, 0.717) is 6.42 Å². The molecule has 1 amide bonds. The Morgan fingerprint density at radius 1 is 1.10 bits per heavy atom. The molecule has 0 fully saturated rings. The largest absolute Gasteiger partial charge is 0.324 e. The molecule has 0 radical (unpaired) electrons. The highest BCUT2D eigenvalue weighted by Crippen LogP contribution is 2.18. The molecule has 20 heavy (non-hydrogen) atoms. The van der Waals surface area contributed by atoms with Crippen LogP contribution in [0.1, 0.15) is 23.6 Å². The van der Waals surface area contributed by atoms with E-state index in [0.717, 1.165) is 11.3 Å². The van der Waals surface area contributed by atoms with Crippen LogP contribution in [0.25, 0.3) is 0 Å². The van der Waals surface area contributed by atoms with E-state index in [1.54, 1.807) is 11.9 Å². The van der Waals surface area contributed by atoms with Gasteiger partial charge in [0, 0.05) is 25.2 Å². The second-order valence-corrected chi connectivity index (χ2v) is 5.01. The fourth-order valence-electron chi connectivity index (χ4n) is 2.06. The van der Waals surface area contributed by atoms with Gasteiger partial charge in [-0.3, -0.25) is 4.79 Å². The quantitative estimate of drug-likeness (QED) is 0.926. The molecular weight excluding hydrogens is 248 g/mol. The minimum Gasteiger partial charge on any atom is -0.324 e. The summed E-state index contributed by atoms with van der Waals surface area (Å²) in [7, 11) is 1.78. The van der Waals surface area contributed by atoms with Crippen LogP contribution in [-0.4, -0.2) is 13.0 Å². The van der Waals surface area contributed by atoms with Crippen LogP contribution in [0.5, 0.6) is 0 Å². The lowest BCUT2D eigenvalue weighted by atomic mass is 10.0. The average molecular weight is 268 g/mol. The van der Waals surface area contributed by atoms with Crippen molar-refractivity contribution in [1.82, 2.24) is 0 Å². The van der Waals surface area contributed by atoms with Crippen LogP contribution in [0, 0.1) is 6.92 Å². The van der Waals surface area contributed by atoms with Crippen LogP contribution in [0.3, 0.4) is 0 Å². The van der Waals surface area contributed by atoms with Gasteiger partial charge in [0.05, 0.1) is 0 Å². The monoisotopic (exact) mass is 268 g/mol. The molecule has 2 N–H and O–H groups in total. The van der Waals surface area contributed by atoms with Crippen molar-refractivity contribution in [3.05, 3.63) is 65.7 Å². The smallest absolute Gasteiger partial charge is 0.228 e. The fourth-order valence-corrected chi connectivity index (χ4v) is 2.06. The summed E-state index contributed by atoms with van der Waals surface area (Å²) in [5.41, 5.74) is 9.14. The van der Waals surface area contributed by atoms with Gasteiger partial charge in [0.25, 0.3) is 0 Å². The van der Waals surface area contributed by atoms with Crippen molar-refractivity contribution in [2.75, 3.05) is 11.9 Å². The molecule has 0 heterocycles. The zero-order valence-corrected chi connectivity index (χ0v) is 11.9. The lowest BCUT2D eigenvalue weighted by Gasteiger charge is -2.20. The molecule has 1 unspecified atom stereocenters. The molecule has 3 nitrogen and oxygen atoms in total. The van der Waals surface area contributed by atoms with Gasteiger partial charge in [-0.15, -0.1) is 0 Å². The molecule has 3 heteroatoms. The highest BCUT2D eigenvalue weighted by atomic mass is 16.2. The van der Waals surface area contributed by atoms with E-state index in [1.807, 2.05) is 61.5 Å². The second-order valence-electron chi connectivity index (χ2n) is 5.01. The number of nitrogens with zero attached hydrogens (tertiary/aromatic N) is 1. The van der Waals surface area contributed by atoms with E-state index >= 15 is 0 Å². The number of nitrogens with two attached hydrogens (primary N) is 1. The van der Waals surface area contributed by atoms with Crippen LogP contribution < -0.4 is 10.6 Å². The molecule has 0 aromatic heterocycles. The third kappa shape index (κ3) is 3.45. The lowest BCUT2D eigenvalue weighted by Crippen LogP contribution is -2.29. The first-order chi connectivity index (χ1) is 9.58. The Kier molecular flexibility index (Phi) is 4.53. The van der Waals surface area contributed by atoms with Crippen molar-refractivity contribution < 1.29 is 4.79 Å². The van der Waals surface area contributed by atoms with E-state index in [-0.39, 0.29) is 11.9 Å². The lowest BCUT2D eigenvalue weighted by molar-refractivity contribution is -0.118. The Balaban J connectivity index is 2.02. The molecule has 1 atom stereocenters. The summed E-state index contributed by atoms with van der Waals surface area (Å²) in [4.78, 5) is 13.9. The number of rotatable bonds is 4. The highest BCUT2D eigenvalue weighted by molar-refractivity contribution is 5.93. The van der Waals surface area contributed by atoms with Crippen molar-refractivity contribution in [1.29, 1.82) is 0 Å². The third-order valence-corrected chi connectivity index (χ3v) is 3.42. The van der Waals surface area contributed by atoms with Gasteiger partial charge in [-0.05, 0) is 24.6 Å². The van der Waals surface area contributed by atoms with E-state index in [2.05, 4.69) is 0 Å². The average Bonchev–Trinajstić information content (AvgIpc) is 2.48. The van der Waals surface area contributed by atoms with Gasteiger partial charge in [-0.1, -0.05) is 48.0 Å². The minimum absolute atomic E-state index is 0.0187. The molecule has 0 saturated heterocycles. The molecule has 0 spiro atoms. The van der Waals surface area contributed by atoms with Crippen LogP contribution >= 0.6 is 0 Å². The predicted molar refractivity (Wildman–Crippen MR) is 82.6 cm³/mol. The van der Waals surface area contributed by atoms with Gasteiger partial charge in [-0.25, -0.2) is 0 Å². The SMILES string of the molecule is Cc1ccc(N(C)C(=O)CC(N)c2ccccc2)cc1. The van der Waals surface area contributed by atoms with Crippen molar-refractivity contribution in [3.8, 4) is 0 Å². The standard InChI is InChI=1S/C17H20N2O/c1-13-8-10-15(11-9-13)19(2)17(20)12-16(18)14-6-4-3-5-7-14/h3-11,16H,12,18H2,1-2H3. The Bertz CT molecular complexity index is 563. The second kappa shape index (κ2) is 6.35. The first-order valence-corrected chi connectivity index (χ1v) is 6.71. The van der Waals surface area contributed by atoms with Crippen LogP contribution in [0.2, 0.25) is 0 Å². The topological polar surface area (TPSA) is 46.3 Å². The van der Waals surface area contributed by atoms with Gasteiger partial charge < -0.3 is 10.6 Å². The molecular formula is C17H20N2O. The normalized spacial score (nSPS) is 11.9. The van der Waals surface area contributed by atoms with E-state index < -0.39 is 0 Å². The summed E-state index contributed by atoms with van der Waals surface area (Å²) in [5.74, 6) is 0.0187. The maximum Gasteiger partial charge on any atom is 0.228 e. The number of amides is 1. The van der Waals surface area contributed by atoms with Crippen LogP contribution in [0.15, 0.2) is 54.6 Å². The van der Waals surface area contributed by atoms with Crippen molar-refractivity contribution in [2.24, 2.45) is 5.73 Å². The van der Waals surface area contributed by atoms with Crippen molar-refractivity contribution in [3.63, 3.8) is 0 Å². The molecule has 0 bridgehead atoms. The molecule has 2 rings (SSSR count). The van der Waals surface area contributed by atoms with Gasteiger partial charge in [-0.2, -0.15) is 0 Å². The van der Waals surface area contributed by atoms with E-state index in [4.69, 9.17) is 5.73 Å². The van der Waals surface area contributed by atoms with Crippen LogP contribution in [0.4, 0.5) is 5.69 Å². The molecule has 0 aliphatic rings. The molecule has 0 aliphatic heterocycles. The van der Waals surface area contributed by atoms with E-state index in [9.17, 15) is 4.79 Å². The fraction of sp³-hybridized carbons (Fsp3) is 0.235. The predicted octanol–water partition coefficient (Wildman–Crippen LogP) is 3.05. The van der Waals surface area contributed by atoms with Crippen molar-refractivity contribution in [2.45, 2.75) is 19.4 Å². The van der Waals surface area contributed by atoms with Gasteiger partial charge in [0.15, 0.2) is 0 Å². The van der Waals surface area contributed by atoms with Crippen LogP contribution in [-0.2, 0) is 4.79 Å². The number of hydrogen-bond donors (Lipinski definition) is 1. The Morgan fingerprint density at radius 2 is 1.70 bits per heavy atom. The van der Waals surface area contributed by atoms with Crippen molar-refractivity contribution >= 4 is 11.6 Å². The Labute approximate surface area is 120 Å². The molecule has 2 aromatic carbocycles. The molecule has 104 valence electrons. The third-order valence-electron chi connectivity index (χ3n) is 3.42. The number of hydrogen-bond acceptors (Lipinski definition) is 2. The van der Waals surface area contributed by atoms with Gasteiger partial charge >= 0.3 is 0 Å². The summed E-state index contributed by atoms with van der Waals surface area (Å²) in [5, 5.41) is 0. The molecule has 0 aliphatic carbocycles. The Morgan fingerprint density at radius 3 is 2.30 bits per heavy atom.